The Kier molecular flexibility index (Phi) is 4.61. The molecule has 1 aromatic heterocycles. The van der Waals surface area contributed by atoms with E-state index in [0.29, 0.717) is 0 Å². The van der Waals surface area contributed by atoms with Crippen molar-refractivity contribution in [3.63, 3.8) is 0 Å². The highest BCUT2D eigenvalue weighted by atomic mass is 79.9. The molecule has 0 unspecified atom stereocenters. The summed E-state index contributed by atoms with van der Waals surface area (Å²) in [6.45, 7) is 2.96. The lowest BCUT2D eigenvalue weighted by Crippen LogP contribution is -1.94. The summed E-state index contributed by atoms with van der Waals surface area (Å²) >= 11 is 8.44. The molecule has 0 saturated heterocycles. The minimum atomic E-state index is 0.808. The number of hydrogen-bond acceptors (Lipinski definition) is 2. The minimum absolute atomic E-state index is 0.808. The van der Waals surface area contributed by atoms with Crippen LogP contribution in [0, 0.1) is 0 Å². The zero-order valence-electron chi connectivity index (χ0n) is 6.77. The predicted octanol–water partition coefficient (Wildman–Crippen LogP) is 4.45. The van der Waals surface area contributed by atoms with Crippen molar-refractivity contribution in [1.29, 1.82) is 0 Å². The van der Waals surface area contributed by atoms with E-state index in [2.05, 4.69) is 38.8 Å². The summed E-state index contributed by atoms with van der Waals surface area (Å²) in [7, 11) is 0. The Morgan fingerprint density at radius 3 is 2.75 bits per heavy atom. The van der Waals surface area contributed by atoms with E-state index in [4.69, 9.17) is 4.74 Å². The number of unbranched alkanes of at least 4 members (excludes halogenated alkanes) is 1. The van der Waals surface area contributed by atoms with E-state index in [0.717, 1.165) is 26.4 Å². The number of hydrogen-bond donors (Lipinski definition) is 0. The summed E-state index contributed by atoms with van der Waals surface area (Å²) < 4.78 is 7.68. The van der Waals surface area contributed by atoms with Crippen molar-refractivity contribution in [2.24, 2.45) is 0 Å². The van der Waals surface area contributed by atoms with Gasteiger partial charge in [-0.2, -0.15) is 0 Å². The van der Waals surface area contributed by atoms with Crippen LogP contribution in [0.15, 0.2) is 14.3 Å². The third-order valence-corrected chi connectivity index (χ3v) is 3.76. The fourth-order valence-corrected chi connectivity index (χ4v) is 3.10. The van der Waals surface area contributed by atoms with E-state index in [1.807, 2.05) is 6.07 Å². The normalized spacial score (nSPS) is 10.2. The van der Waals surface area contributed by atoms with E-state index in [1.165, 1.54) is 6.42 Å². The van der Waals surface area contributed by atoms with Crippen LogP contribution >= 0.6 is 43.2 Å². The Hall–Kier alpha value is 0.460. The summed E-state index contributed by atoms with van der Waals surface area (Å²) in [5.41, 5.74) is 0. The zero-order chi connectivity index (χ0) is 8.97. The molecule has 1 aromatic rings. The lowest BCUT2D eigenvalue weighted by atomic mass is 10.4. The van der Waals surface area contributed by atoms with Gasteiger partial charge in [-0.3, -0.25) is 0 Å². The Morgan fingerprint density at radius 1 is 1.50 bits per heavy atom. The summed E-state index contributed by atoms with van der Waals surface area (Å²) in [5.74, 6) is 0. The lowest BCUT2D eigenvalue weighted by Gasteiger charge is -2.01. The average Bonchev–Trinajstić information content (AvgIpc) is 2.31. The van der Waals surface area contributed by atoms with Crippen LogP contribution in [-0.2, 0) is 0 Å². The Bertz CT molecular complexity index is 247. The second kappa shape index (κ2) is 5.25. The molecule has 0 saturated carbocycles. The third-order valence-electron chi connectivity index (χ3n) is 1.36. The van der Waals surface area contributed by atoms with E-state index >= 15 is 0 Å². The second-order valence-corrected chi connectivity index (χ2v) is 5.64. The summed E-state index contributed by atoms with van der Waals surface area (Å²) in [6, 6.07) is 2.01. The zero-order valence-corrected chi connectivity index (χ0v) is 10.8. The number of rotatable bonds is 4. The molecule has 0 amide bonds. The van der Waals surface area contributed by atoms with Crippen LogP contribution < -0.4 is 4.74 Å². The van der Waals surface area contributed by atoms with Crippen LogP contribution in [0.3, 0.4) is 0 Å². The van der Waals surface area contributed by atoms with E-state index in [1.54, 1.807) is 11.3 Å². The summed E-state index contributed by atoms with van der Waals surface area (Å²) in [6.07, 6.45) is 2.28. The fraction of sp³-hybridized carbons (Fsp3) is 0.500. The molecule has 0 spiro atoms. The van der Waals surface area contributed by atoms with Gasteiger partial charge in [-0.05, 0) is 44.3 Å². The maximum Gasteiger partial charge on any atom is 0.189 e. The van der Waals surface area contributed by atoms with Gasteiger partial charge in [0.1, 0.15) is 0 Å². The highest BCUT2D eigenvalue weighted by Crippen LogP contribution is 2.37. The van der Waals surface area contributed by atoms with Crippen molar-refractivity contribution in [3.8, 4) is 5.06 Å². The molecule has 0 atom stereocenters. The predicted molar refractivity (Wildman–Crippen MR) is 60.1 cm³/mol. The molecule has 4 heteroatoms. The number of ether oxygens (including phenoxy) is 1. The largest absolute Gasteiger partial charge is 0.483 e. The summed E-state index contributed by atoms with van der Waals surface area (Å²) in [4.78, 5) is 0. The molecule has 1 rings (SSSR count). The van der Waals surface area contributed by atoms with E-state index < -0.39 is 0 Å². The average molecular weight is 314 g/mol. The van der Waals surface area contributed by atoms with Crippen LogP contribution in [0.2, 0.25) is 0 Å². The molecule has 0 bridgehead atoms. The first kappa shape index (κ1) is 10.5. The lowest BCUT2D eigenvalue weighted by molar-refractivity contribution is 0.316. The fourth-order valence-electron chi connectivity index (χ4n) is 0.733. The van der Waals surface area contributed by atoms with Gasteiger partial charge in [-0.1, -0.05) is 24.7 Å². The van der Waals surface area contributed by atoms with E-state index in [9.17, 15) is 0 Å². The maximum absolute atomic E-state index is 5.54. The smallest absolute Gasteiger partial charge is 0.189 e. The van der Waals surface area contributed by atoms with Gasteiger partial charge in [0.15, 0.2) is 5.06 Å². The van der Waals surface area contributed by atoms with Gasteiger partial charge in [0, 0.05) is 0 Å². The van der Waals surface area contributed by atoms with E-state index in [-0.39, 0.29) is 0 Å². The molecule has 0 radical (unpaired) electrons. The Balaban J connectivity index is 2.45. The van der Waals surface area contributed by atoms with Crippen LogP contribution in [0.4, 0.5) is 0 Å². The number of thiophene rings is 1. The summed E-state index contributed by atoms with van der Waals surface area (Å²) in [5, 5.41) is 0.968. The van der Waals surface area contributed by atoms with Gasteiger partial charge in [-0.15, -0.1) is 0 Å². The van der Waals surface area contributed by atoms with Crippen molar-refractivity contribution in [3.05, 3.63) is 14.3 Å². The second-order valence-electron chi connectivity index (χ2n) is 2.39. The van der Waals surface area contributed by atoms with Crippen molar-refractivity contribution in [2.75, 3.05) is 6.61 Å². The first-order valence-corrected chi connectivity index (χ1v) is 6.22. The molecule has 0 aliphatic heterocycles. The topological polar surface area (TPSA) is 9.23 Å². The van der Waals surface area contributed by atoms with Gasteiger partial charge < -0.3 is 4.74 Å². The minimum Gasteiger partial charge on any atom is -0.483 e. The molecule has 0 aliphatic carbocycles. The molecule has 1 heterocycles. The van der Waals surface area contributed by atoms with Crippen molar-refractivity contribution in [2.45, 2.75) is 19.8 Å². The van der Waals surface area contributed by atoms with Crippen LogP contribution in [0.1, 0.15) is 19.8 Å². The first-order valence-electron chi connectivity index (χ1n) is 3.81. The van der Waals surface area contributed by atoms with Crippen molar-refractivity contribution in [1.82, 2.24) is 0 Å². The van der Waals surface area contributed by atoms with Crippen molar-refractivity contribution < 1.29 is 4.74 Å². The van der Waals surface area contributed by atoms with Gasteiger partial charge in [0.05, 0.1) is 14.9 Å². The van der Waals surface area contributed by atoms with Crippen LogP contribution in [-0.4, -0.2) is 6.61 Å². The maximum atomic E-state index is 5.54. The SMILES string of the molecule is CCCCOc1sc(Br)cc1Br. The highest BCUT2D eigenvalue weighted by molar-refractivity contribution is 9.11. The quantitative estimate of drug-likeness (QED) is 0.746. The monoisotopic (exact) mass is 312 g/mol. The first-order chi connectivity index (χ1) is 5.74. The molecule has 0 aromatic carbocycles. The molecule has 12 heavy (non-hydrogen) atoms. The molecular weight excluding hydrogens is 304 g/mol. The van der Waals surface area contributed by atoms with Crippen LogP contribution in [0.5, 0.6) is 5.06 Å². The highest BCUT2D eigenvalue weighted by Gasteiger charge is 2.05. The van der Waals surface area contributed by atoms with Crippen LogP contribution in [0.25, 0.3) is 0 Å². The molecular formula is C8H10Br2OS. The molecule has 68 valence electrons. The Labute approximate surface area is 93.4 Å². The standard InChI is InChI=1S/C8H10Br2OS/c1-2-3-4-11-8-6(9)5-7(10)12-8/h5H,2-4H2,1H3. The van der Waals surface area contributed by atoms with Gasteiger partial charge in [-0.25, -0.2) is 0 Å². The van der Waals surface area contributed by atoms with Gasteiger partial charge >= 0.3 is 0 Å². The molecule has 1 nitrogen and oxygen atoms in total. The molecule has 0 aliphatic rings. The Morgan fingerprint density at radius 2 is 2.25 bits per heavy atom. The molecule has 0 fully saturated rings. The third kappa shape index (κ3) is 3.07. The van der Waals surface area contributed by atoms with Gasteiger partial charge in [0.25, 0.3) is 0 Å². The van der Waals surface area contributed by atoms with Gasteiger partial charge in [0.2, 0.25) is 0 Å². The van der Waals surface area contributed by atoms with Crippen molar-refractivity contribution >= 4 is 43.2 Å². The molecule has 0 N–H and O–H groups in total. The number of halogens is 2.